The first-order valence-corrected chi connectivity index (χ1v) is 13.4. The first kappa shape index (κ1) is 24.2. The van der Waals surface area contributed by atoms with Crippen molar-refractivity contribution in [2.45, 2.75) is 12.6 Å². The summed E-state index contributed by atoms with van der Waals surface area (Å²) in [6.45, 7) is 7.72. The Morgan fingerprint density at radius 1 is 0.853 bits per heavy atom. The largest absolute Gasteiger partial charge is 0.390 e. The number of β-amino-alcohol motifs (C(OH)–C–C–N with tert-alkyl or cyclic N) is 1. The third kappa shape index (κ3) is 5.34. The van der Waals surface area contributed by atoms with E-state index in [1.54, 1.807) is 0 Å². The van der Waals surface area contributed by atoms with E-state index in [4.69, 9.17) is 4.74 Å². The summed E-state index contributed by atoms with van der Waals surface area (Å²) >= 11 is 7.19. The number of halogens is 2. The molecule has 1 amide bonds. The minimum Gasteiger partial charge on any atom is -0.390 e. The number of aromatic nitrogens is 1. The summed E-state index contributed by atoms with van der Waals surface area (Å²) in [6.07, 6.45) is -0.479. The summed E-state index contributed by atoms with van der Waals surface area (Å²) in [6, 6.07) is 12.6. The number of hydrogen-bond donors (Lipinski definition) is 1. The molecule has 1 aromatic heterocycles. The van der Waals surface area contributed by atoms with Gasteiger partial charge in [-0.1, -0.05) is 31.9 Å². The molecule has 0 spiro atoms. The minimum atomic E-state index is -0.479. The Labute approximate surface area is 216 Å². The van der Waals surface area contributed by atoms with Crippen molar-refractivity contribution in [3.8, 4) is 0 Å². The molecule has 0 radical (unpaired) electrons. The maximum atomic E-state index is 12.5. The first-order chi connectivity index (χ1) is 16.5. The number of piperazine rings is 1. The van der Waals surface area contributed by atoms with Gasteiger partial charge in [0.15, 0.2) is 0 Å². The standard InChI is InChI=1S/C25H30Br2N4O3/c26-18-1-3-23-21(13-18)22-14-19(27)2-4-24(22)31(23)16-20(32)15-28-5-7-29(8-6-28)17-25(33)30-9-11-34-12-10-30/h1-4,13-14,20,32H,5-12,15-17H2. The number of fused-ring (bicyclic) bond motifs is 3. The molecule has 1 atom stereocenters. The van der Waals surface area contributed by atoms with Gasteiger partial charge in [-0.05, 0) is 36.4 Å². The number of aliphatic hydroxyl groups is 1. The summed E-state index contributed by atoms with van der Waals surface area (Å²) in [5.41, 5.74) is 2.25. The molecule has 2 aromatic carbocycles. The lowest BCUT2D eigenvalue weighted by Gasteiger charge is -2.36. The molecule has 3 heterocycles. The lowest BCUT2D eigenvalue weighted by Crippen LogP contribution is -2.52. The van der Waals surface area contributed by atoms with Crippen LogP contribution in [0.1, 0.15) is 0 Å². The van der Waals surface area contributed by atoms with Crippen molar-refractivity contribution in [3.63, 3.8) is 0 Å². The van der Waals surface area contributed by atoms with Crippen LogP contribution in [0.5, 0.6) is 0 Å². The van der Waals surface area contributed by atoms with Gasteiger partial charge in [-0.25, -0.2) is 0 Å². The number of nitrogens with zero attached hydrogens (tertiary/aromatic N) is 4. The molecule has 2 saturated heterocycles. The van der Waals surface area contributed by atoms with E-state index in [0.717, 1.165) is 46.2 Å². The van der Waals surface area contributed by atoms with Crippen LogP contribution in [-0.4, -0.2) is 102 Å². The molecule has 7 nitrogen and oxygen atoms in total. The molecule has 0 bridgehead atoms. The molecule has 0 saturated carbocycles. The lowest BCUT2D eigenvalue weighted by molar-refractivity contribution is -0.137. The van der Waals surface area contributed by atoms with Gasteiger partial charge in [0, 0.05) is 76.6 Å². The Balaban J connectivity index is 1.20. The van der Waals surface area contributed by atoms with Gasteiger partial charge in [-0.2, -0.15) is 0 Å². The van der Waals surface area contributed by atoms with Crippen LogP contribution in [0.2, 0.25) is 0 Å². The Bertz CT molecular complexity index is 1110. The number of hydrogen-bond acceptors (Lipinski definition) is 5. The number of aliphatic hydroxyl groups excluding tert-OH is 1. The van der Waals surface area contributed by atoms with E-state index in [2.05, 4.69) is 82.6 Å². The van der Waals surface area contributed by atoms with E-state index in [9.17, 15) is 9.90 Å². The quantitative estimate of drug-likeness (QED) is 0.476. The maximum Gasteiger partial charge on any atom is 0.236 e. The Hall–Kier alpha value is -1.49. The predicted molar refractivity (Wildman–Crippen MR) is 141 cm³/mol. The number of carbonyl (C=O) groups is 1. The van der Waals surface area contributed by atoms with E-state index >= 15 is 0 Å². The third-order valence-corrected chi connectivity index (χ3v) is 7.83. The number of benzene rings is 2. The van der Waals surface area contributed by atoms with Crippen molar-refractivity contribution in [1.29, 1.82) is 0 Å². The van der Waals surface area contributed by atoms with Gasteiger partial charge in [0.25, 0.3) is 0 Å². The highest BCUT2D eigenvalue weighted by molar-refractivity contribution is 9.10. The number of amides is 1. The summed E-state index contributed by atoms with van der Waals surface area (Å²) in [5.74, 6) is 0.196. The van der Waals surface area contributed by atoms with Gasteiger partial charge in [-0.15, -0.1) is 0 Å². The van der Waals surface area contributed by atoms with Crippen molar-refractivity contribution in [3.05, 3.63) is 45.3 Å². The van der Waals surface area contributed by atoms with Crippen molar-refractivity contribution >= 4 is 59.6 Å². The van der Waals surface area contributed by atoms with Crippen LogP contribution in [-0.2, 0) is 16.1 Å². The van der Waals surface area contributed by atoms with Gasteiger partial charge in [-0.3, -0.25) is 14.6 Å². The van der Waals surface area contributed by atoms with Crippen molar-refractivity contribution in [2.24, 2.45) is 0 Å². The van der Waals surface area contributed by atoms with Crippen LogP contribution < -0.4 is 0 Å². The van der Waals surface area contributed by atoms with Crippen LogP contribution >= 0.6 is 31.9 Å². The second-order valence-electron chi connectivity index (χ2n) is 9.16. The van der Waals surface area contributed by atoms with Crippen LogP contribution in [0, 0.1) is 0 Å². The van der Waals surface area contributed by atoms with Gasteiger partial charge < -0.3 is 19.3 Å². The molecule has 5 rings (SSSR count). The average molecular weight is 594 g/mol. The molecule has 34 heavy (non-hydrogen) atoms. The van der Waals surface area contributed by atoms with Crippen LogP contribution in [0.15, 0.2) is 45.3 Å². The Morgan fingerprint density at radius 3 is 2.00 bits per heavy atom. The Morgan fingerprint density at radius 2 is 1.41 bits per heavy atom. The highest BCUT2D eigenvalue weighted by Gasteiger charge is 2.24. The normalized spacial score (nSPS) is 19.2. The SMILES string of the molecule is O=C(CN1CCN(CC(O)Cn2c3ccc(Br)cc3c3cc(Br)ccc32)CC1)N1CCOCC1. The molecule has 1 N–H and O–H groups in total. The number of ether oxygens (including phenoxy) is 1. The van der Waals surface area contributed by atoms with Gasteiger partial charge >= 0.3 is 0 Å². The monoisotopic (exact) mass is 592 g/mol. The van der Waals surface area contributed by atoms with Crippen LogP contribution in [0.3, 0.4) is 0 Å². The second kappa shape index (κ2) is 10.6. The van der Waals surface area contributed by atoms with E-state index in [1.165, 1.54) is 10.8 Å². The van der Waals surface area contributed by atoms with Crippen molar-refractivity contribution in [2.75, 3.05) is 65.6 Å². The van der Waals surface area contributed by atoms with E-state index in [1.807, 2.05) is 4.90 Å². The second-order valence-corrected chi connectivity index (χ2v) is 11.0. The van der Waals surface area contributed by atoms with Gasteiger partial charge in [0.1, 0.15) is 0 Å². The average Bonchev–Trinajstić information content (AvgIpc) is 3.12. The zero-order valence-corrected chi connectivity index (χ0v) is 22.3. The fourth-order valence-electron chi connectivity index (χ4n) is 5.05. The molecule has 9 heteroatoms. The van der Waals surface area contributed by atoms with E-state index < -0.39 is 6.10 Å². The molecule has 1 unspecified atom stereocenters. The Kier molecular flexibility index (Phi) is 7.58. The van der Waals surface area contributed by atoms with Gasteiger partial charge in [0.05, 0.1) is 32.4 Å². The number of carbonyl (C=O) groups excluding carboxylic acids is 1. The molecule has 2 aliphatic rings. The van der Waals surface area contributed by atoms with Crippen LogP contribution in [0.25, 0.3) is 21.8 Å². The molecule has 182 valence electrons. The zero-order valence-electron chi connectivity index (χ0n) is 19.1. The summed E-state index contributed by atoms with van der Waals surface area (Å²) < 4.78 is 9.66. The molecule has 3 aromatic rings. The topological polar surface area (TPSA) is 61.2 Å². The van der Waals surface area contributed by atoms with E-state index in [-0.39, 0.29) is 5.91 Å². The number of rotatable bonds is 6. The van der Waals surface area contributed by atoms with Gasteiger partial charge in [0.2, 0.25) is 5.91 Å². The number of morpholine rings is 1. The minimum absolute atomic E-state index is 0.196. The van der Waals surface area contributed by atoms with E-state index in [0.29, 0.717) is 45.9 Å². The molecule has 0 aliphatic carbocycles. The summed E-state index contributed by atoms with van der Waals surface area (Å²) in [5, 5.41) is 13.4. The smallest absolute Gasteiger partial charge is 0.236 e. The summed E-state index contributed by atoms with van der Waals surface area (Å²) in [7, 11) is 0. The maximum absolute atomic E-state index is 12.5. The molecular weight excluding hydrogens is 564 g/mol. The highest BCUT2D eigenvalue weighted by Crippen LogP contribution is 2.33. The van der Waals surface area contributed by atoms with Crippen LogP contribution in [0.4, 0.5) is 0 Å². The van der Waals surface area contributed by atoms with Crippen molar-refractivity contribution in [1.82, 2.24) is 19.3 Å². The fourth-order valence-corrected chi connectivity index (χ4v) is 5.77. The first-order valence-electron chi connectivity index (χ1n) is 11.8. The van der Waals surface area contributed by atoms with Crippen molar-refractivity contribution < 1.29 is 14.6 Å². The summed E-state index contributed by atoms with van der Waals surface area (Å²) in [4.78, 5) is 19.0. The third-order valence-electron chi connectivity index (χ3n) is 6.84. The lowest BCUT2D eigenvalue weighted by atomic mass is 10.2. The molecular formula is C25H30Br2N4O3. The molecule has 2 aliphatic heterocycles. The highest BCUT2D eigenvalue weighted by atomic mass is 79.9. The predicted octanol–water partition coefficient (Wildman–Crippen LogP) is 3.16. The fraction of sp³-hybridized carbons (Fsp3) is 0.480. The zero-order chi connectivity index (χ0) is 23.7. The molecule has 2 fully saturated rings.